The zero-order chi connectivity index (χ0) is 18.5. The van der Waals surface area contributed by atoms with Crippen molar-refractivity contribution in [3.05, 3.63) is 41.5 Å². The number of fused-ring (bicyclic) bond motifs is 3. The Bertz CT molecular complexity index is 609. The summed E-state index contributed by atoms with van der Waals surface area (Å²) in [7, 11) is 0. The van der Waals surface area contributed by atoms with Crippen molar-refractivity contribution < 1.29 is 14.9 Å². The predicted molar refractivity (Wildman–Crippen MR) is 106 cm³/mol. The van der Waals surface area contributed by atoms with Crippen molar-refractivity contribution >= 4 is 0 Å². The van der Waals surface area contributed by atoms with Gasteiger partial charge in [-0.05, 0) is 24.8 Å². The first-order valence-electron chi connectivity index (χ1n) is 10.5. The van der Waals surface area contributed by atoms with Crippen molar-refractivity contribution in [1.29, 1.82) is 0 Å². The van der Waals surface area contributed by atoms with E-state index in [1.807, 2.05) is 12.2 Å². The summed E-state index contributed by atoms with van der Waals surface area (Å²) in [6, 6.07) is 6.46. The van der Waals surface area contributed by atoms with Crippen molar-refractivity contribution in [1.82, 2.24) is 0 Å². The molecule has 3 heteroatoms. The second-order valence-corrected chi connectivity index (χ2v) is 7.95. The topological polar surface area (TPSA) is 49.7 Å². The lowest BCUT2D eigenvalue weighted by Crippen LogP contribution is -2.17. The van der Waals surface area contributed by atoms with Gasteiger partial charge in [0, 0.05) is 23.8 Å². The number of para-hydroxylation sites is 1. The molecule has 0 bridgehead atoms. The van der Waals surface area contributed by atoms with Crippen molar-refractivity contribution in [3.8, 4) is 5.75 Å². The zero-order valence-corrected chi connectivity index (χ0v) is 16.2. The molecule has 0 radical (unpaired) electrons. The summed E-state index contributed by atoms with van der Waals surface area (Å²) in [5.41, 5.74) is 2.55. The number of benzene rings is 1. The van der Waals surface area contributed by atoms with Gasteiger partial charge in [-0.15, -0.1) is 0 Å². The Morgan fingerprint density at radius 2 is 2.00 bits per heavy atom. The monoisotopic (exact) mass is 358 g/mol. The molecule has 1 heterocycles. The van der Waals surface area contributed by atoms with Crippen LogP contribution in [0.15, 0.2) is 30.4 Å². The SMILES string of the molecule is CCCCC[C@H](O)C=C[C@@H]1[C@H]2c3cccc(CCCC)c3O[C@H]2C[C@H]1O. The molecular weight excluding hydrogens is 324 g/mol. The van der Waals surface area contributed by atoms with Crippen molar-refractivity contribution in [2.75, 3.05) is 0 Å². The molecule has 1 aliphatic heterocycles. The highest BCUT2D eigenvalue weighted by atomic mass is 16.5. The standard InChI is InChI=1S/C23H34O3/c1-3-5-7-11-17(24)13-14-18-20(25)15-21-22(18)19-12-8-10-16(9-6-4-2)23(19)26-21/h8,10,12-14,17-18,20-22,24-25H,3-7,9,11,15H2,1-2H3/t17-,18-,20+,21-,22-/m0/s1. The Morgan fingerprint density at radius 3 is 2.77 bits per heavy atom. The molecule has 0 amide bonds. The summed E-state index contributed by atoms with van der Waals surface area (Å²) in [6.07, 6.45) is 11.4. The molecule has 26 heavy (non-hydrogen) atoms. The number of hydrogen-bond donors (Lipinski definition) is 2. The van der Waals surface area contributed by atoms with Gasteiger partial charge in [0.05, 0.1) is 12.2 Å². The molecular formula is C23H34O3. The van der Waals surface area contributed by atoms with Gasteiger partial charge in [0.15, 0.2) is 0 Å². The van der Waals surface area contributed by atoms with Gasteiger partial charge in [-0.2, -0.15) is 0 Å². The quantitative estimate of drug-likeness (QED) is 0.495. The molecule has 0 aromatic heterocycles. The maximum atomic E-state index is 10.5. The van der Waals surface area contributed by atoms with Gasteiger partial charge in [-0.1, -0.05) is 69.9 Å². The van der Waals surface area contributed by atoms with Crippen LogP contribution in [0, 0.1) is 5.92 Å². The maximum absolute atomic E-state index is 10.5. The van der Waals surface area contributed by atoms with E-state index in [1.165, 1.54) is 24.0 Å². The number of aryl methyl sites for hydroxylation is 1. The first-order valence-corrected chi connectivity index (χ1v) is 10.5. The fourth-order valence-corrected chi connectivity index (χ4v) is 4.49. The molecule has 1 aliphatic carbocycles. The van der Waals surface area contributed by atoms with E-state index in [1.54, 1.807) is 0 Å². The fourth-order valence-electron chi connectivity index (χ4n) is 4.49. The van der Waals surface area contributed by atoms with Gasteiger partial charge in [0.25, 0.3) is 0 Å². The number of unbranched alkanes of at least 4 members (excludes halogenated alkanes) is 3. The molecule has 3 nitrogen and oxygen atoms in total. The highest BCUT2D eigenvalue weighted by Gasteiger charge is 2.48. The average molecular weight is 359 g/mol. The first-order chi connectivity index (χ1) is 12.7. The normalized spacial score (nSPS) is 28.2. The van der Waals surface area contributed by atoms with Crippen LogP contribution in [-0.4, -0.2) is 28.5 Å². The van der Waals surface area contributed by atoms with Gasteiger partial charge in [-0.3, -0.25) is 0 Å². The lowest BCUT2D eigenvalue weighted by molar-refractivity contribution is 0.135. The van der Waals surface area contributed by atoms with Gasteiger partial charge >= 0.3 is 0 Å². The largest absolute Gasteiger partial charge is 0.489 e. The van der Waals surface area contributed by atoms with Crippen LogP contribution in [0.3, 0.4) is 0 Å². The summed E-state index contributed by atoms with van der Waals surface area (Å²) in [6.45, 7) is 4.38. The summed E-state index contributed by atoms with van der Waals surface area (Å²) in [5, 5.41) is 20.7. The Balaban J connectivity index is 1.73. The van der Waals surface area contributed by atoms with E-state index in [0.717, 1.165) is 37.9 Å². The van der Waals surface area contributed by atoms with Crippen LogP contribution in [0.2, 0.25) is 0 Å². The molecule has 0 saturated heterocycles. The molecule has 5 atom stereocenters. The van der Waals surface area contributed by atoms with Gasteiger partial charge < -0.3 is 14.9 Å². The van der Waals surface area contributed by atoms with Gasteiger partial charge in [-0.25, -0.2) is 0 Å². The third-order valence-corrected chi connectivity index (χ3v) is 5.95. The third-order valence-electron chi connectivity index (χ3n) is 5.95. The Morgan fingerprint density at radius 1 is 1.19 bits per heavy atom. The molecule has 1 aromatic rings. The molecule has 144 valence electrons. The van der Waals surface area contributed by atoms with Gasteiger partial charge in [0.2, 0.25) is 0 Å². The van der Waals surface area contributed by atoms with E-state index in [9.17, 15) is 10.2 Å². The highest BCUT2D eigenvalue weighted by Crippen LogP contribution is 2.52. The minimum absolute atomic E-state index is 0.0310. The fraction of sp³-hybridized carbons (Fsp3) is 0.652. The van der Waals surface area contributed by atoms with Crippen LogP contribution in [0.25, 0.3) is 0 Å². The number of aliphatic hydroxyl groups excluding tert-OH is 2. The van der Waals surface area contributed by atoms with Crippen LogP contribution >= 0.6 is 0 Å². The van der Waals surface area contributed by atoms with Crippen LogP contribution < -0.4 is 4.74 Å². The maximum Gasteiger partial charge on any atom is 0.126 e. The minimum Gasteiger partial charge on any atom is -0.489 e. The lowest BCUT2D eigenvalue weighted by Gasteiger charge is -2.18. The van der Waals surface area contributed by atoms with Crippen LogP contribution in [0.5, 0.6) is 5.75 Å². The number of rotatable bonds is 9. The van der Waals surface area contributed by atoms with Gasteiger partial charge in [0.1, 0.15) is 11.9 Å². The summed E-state index contributed by atoms with van der Waals surface area (Å²) in [5.74, 6) is 1.30. The van der Waals surface area contributed by atoms with E-state index >= 15 is 0 Å². The van der Waals surface area contributed by atoms with Crippen molar-refractivity contribution in [3.63, 3.8) is 0 Å². The molecule has 2 N–H and O–H groups in total. The smallest absolute Gasteiger partial charge is 0.126 e. The van der Waals surface area contributed by atoms with E-state index in [-0.39, 0.29) is 17.9 Å². The highest BCUT2D eigenvalue weighted by molar-refractivity contribution is 5.49. The molecule has 3 rings (SSSR count). The predicted octanol–water partition coefficient (Wildman–Crippen LogP) is 4.75. The molecule has 2 aliphatic rings. The summed E-state index contributed by atoms with van der Waals surface area (Å²) < 4.78 is 6.29. The van der Waals surface area contributed by atoms with E-state index < -0.39 is 12.2 Å². The molecule has 1 aromatic carbocycles. The summed E-state index contributed by atoms with van der Waals surface area (Å²) in [4.78, 5) is 0. The van der Waals surface area contributed by atoms with Crippen LogP contribution in [0.4, 0.5) is 0 Å². The van der Waals surface area contributed by atoms with Crippen LogP contribution in [0.1, 0.15) is 75.8 Å². The number of ether oxygens (including phenoxy) is 1. The summed E-state index contributed by atoms with van der Waals surface area (Å²) >= 11 is 0. The number of aliphatic hydroxyl groups is 2. The Labute approximate surface area is 158 Å². The van der Waals surface area contributed by atoms with Crippen molar-refractivity contribution in [2.24, 2.45) is 5.92 Å². The average Bonchev–Trinajstić information content (AvgIpc) is 3.13. The van der Waals surface area contributed by atoms with E-state index in [0.29, 0.717) is 6.42 Å². The molecule has 1 saturated carbocycles. The second kappa shape index (κ2) is 9.05. The Hall–Kier alpha value is -1.32. The lowest BCUT2D eigenvalue weighted by atomic mass is 9.86. The number of hydrogen-bond acceptors (Lipinski definition) is 3. The van der Waals surface area contributed by atoms with Crippen LogP contribution in [-0.2, 0) is 6.42 Å². The molecule has 0 spiro atoms. The van der Waals surface area contributed by atoms with E-state index in [2.05, 4.69) is 32.0 Å². The first kappa shape index (κ1) is 19.4. The second-order valence-electron chi connectivity index (χ2n) is 7.95. The van der Waals surface area contributed by atoms with E-state index in [4.69, 9.17) is 4.74 Å². The molecule has 0 unspecified atom stereocenters. The zero-order valence-electron chi connectivity index (χ0n) is 16.2. The van der Waals surface area contributed by atoms with Crippen molar-refractivity contribution in [2.45, 2.75) is 89.4 Å². The Kier molecular flexibility index (Phi) is 6.77. The third kappa shape index (κ3) is 4.15. The molecule has 1 fully saturated rings. The minimum atomic E-state index is -0.412.